The second-order valence-electron chi connectivity index (χ2n) is 7.02. The molecule has 1 saturated carbocycles. The molecule has 9 nitrogen and oxygen atoms in total. The van der Waals surface area contributed by atoms with Gasteiger partial charge >= 0.3 is 11.7 Å². The van der Waals surface area contributed by atoms with Crippen molar-refractivity contribution < 1.29 is 23.6 Å². The summed E-state index contributed by atoms with van der Waals surface area (Å²) in [4.78, 5) is 36.2. The maximum Gasteiger partial charge on any atom is 0.343 e. The third-order valence-corrected chi connectivity index (χ3v) is 5.64. The van der Waals surface area contributed by atoms with Crippen LogP contribution >= 0.6 is 0 Å². The lowest BCUT2D eigenvalue weighted by molar-refractivity contribution is -0.382. The second-order valence-corrected chi connectivity index (χ2v) is 7.02. The highest BCUT2D eigenvalue weighted by molar-refractivity contribution is 6.02. The SMILES string of the molecule is CCOC(=O)c1cn2c3c(c(F)c(N)c([N+](=O)[O-])c3c1=O)OCCC21CCC1. The summed E-state index contributed by atoms with van der Waals surface area (Å²) in [6.07, 6.45) is 4.16. The molecule has 0 unspecified atom stereocenters. The average molecular weight is 391 g/mol. The van der Waals surface area contributed by atoms with Crippen LogP contribution < -0.4 is 15.9 Å². The van der Waals surface area contributed by atoms with Crippen molar-refractivity contribution in [2.24, 2.45) is 0 Å². The van der Waals surface area contributed by atoms with E-state index in [1.165, 1.54) is 6.20 Å². The van der Waals surface area contributed by atoms with E-state index in [2.05, 4.69) is 0 Å². The molecule has 1 aliphatic heterocycles. The van der Waals surface area contributed by atoms with Crippen LogP contribution in [-0.4, -0.2) is 28.7 Å². The fraction of sp³-hybridized carbons (Fsp3) is 0.444. The summed E-state index contributed by atoms with van der Waals surface area (Å²) >= 11 is 0. The Kier molecular flexibility index (Phi) is 4.02. The van der Waals surface area contributed by atoms with Gasteiger partial charge in [0.25, 0.3) is 0 Å². The Balaban J connectivity index is 2.23. The molecule has 2 aliphatic rings. The van der Waals surface area contributed by atoms with Gasteiger partial charge in [0.15, 0.2) is 17.3 Å². The van der Waals surface area contributed by atoms with Crippen molar-refractivity contribution in [1.82, 2.24) is 4.57 Å². The zero-order valence-electron chi connectivity index (χ0n) is 15.1. The van der Waals surface area contributed by atoms with Crippen LogP contribution in [0.5, 0.6) is 5.75 Å². The zero-order valence-corrected chi connectivity index (χ0v) is 15.1. The Morgan fingerprint density at radius 2 is 2.18 bits per heavy atom. The van der Waals surface area contributed by atoms with Crippen molar-refractivity contribution in [3.05, 3.63) is 37.9 Å². The highest BCUT2D eigenvalue weighted by Crippen LogP contribution is 2.49. The summed E-state index contributed by atoms with van der Waals surface area (Å²) in [5.41, 5.74) is 2.20. The molecule has 0 saturated heterocycles. The van der Waals surface area contributed by atoms with Crippen molar-refractivity contribution in [1.29, 1.82) is 0 Å². The summed E-state index contributed by atoms with van der Waals surface area (Å²) < 4.78 is 27.0. The average Bonchev–Trinajstić information content (AvgIpc) is 2.78. The van der Waals surface area contributed by atoms with E-state index < -0.39 is 44.4 Å². The lowest BCUT2D eigenvalue weighted by atomic mass is 9.74. The number of ether oxygens (including phenoxy) is 2. The van der Waals surface area contributed by atoms with E-state index in [-0.39, 0.29) is 30.0 Å². The van der Waals surface area contributed by atoms with Crippen molar-refractivity contribution in [3.63, 3.8) is 0 Å². The van der Waals surface area contributed by atoms with Gasteiger partial charge in [-0.05, 0) is 26.2 Å². The second kappa shape index (κ2) is 6.18. The highest BCUT2D eigenvalue weighted by Gasteiger charge is 2.44. The molecule has 1 aromatic heterocycles. The van der Waals surface area contributed by atoms with Gasteiger partial charge in [0.1, 0.15) is 16.5 Å². The summed E-state index contributed by atoms with van der Waals surface area (Å²) in [5, 5.41) is 11.2. The van der Waals surface area contributed by atoms with Crippen molar-refractivity contribution >= 4 is 28.2 Å². The van der Waals surface area contributed by atoms with Gasteiger partial charge < -0.3 is 19.8 Å². The number of pyridine rings is 1. The van der Waals surface area contributed by atoms with Crippen LogP contribution in [0.4, 0.5) is 15.8 Å². The first kappa shape index (κ1) is 18.2. The lowest BCUT2D eigenvalue weighted by Gasteiger charge is -2.43. The maximum absolute atomic E-state index is 14.9. The number of nitrogen functional groups attached to an aromatic ring is 1. The topological polar surface area (TPSA) is 127 Å². The molecule has 1 spiro atoms. The van der Waals surface area contributed by atoms with E-state index in [4.69, 9.17) is 15.2 Å². The van der Waals surface area contributed by atoms with Crippen LogP contribution in [0, 0.1) is 15.9 Å². The van der Waals surface area contributed by atoms with Crippen molar-refractivity contribution in [2.75, 3.05) is 18.9 Å². The number of nitrogens with zero attached hydrogens (tertiary/aromatic N) is 2. The number of nitrogens with two attached hydrogens (primary N) is 1. The quantitative estimate of drug-likeness (QED) is 0.368. The van der Waals surface area contributed by atoms with Gasteiger partial charge in [0.05, 0.1) is 18.1 Å². The first-order valence-electron chi connectivity index (χ1n) is 8.97. The first-order valence-corrected chi connectivity index (χ1v) is 8.97. The lowest BCUT2D eigenvalue weighted by Crippen LogP contribution is -2.42. The van der Waals surface area contributed by atoms with Gasteiger partial charge in [-0.2, -0.15) is 0 Å². The minimum absolute atomic E-state index is 0.0312. The number of hydrogen-bond acceptors (Lipinski definition) is 7. The van der Waals surface area contributed by atoms with E-state index in [1.807, 2.05) is 0 Å². The monoisotopic (exact) mass is 391 g/mol. The number of carbonyl (C=O) groups excluding carboxylic acids is 1. The van der Waals surface area contributed by atoms with Crippen LogP contribution in [-0.2, 0) is 10.3 Å². The van der Waals surface area contributed by atoms with E-state index >= 15 is 0 Å². The fourth-order valence-electron chi connectivity index (χ4n) is 4.11. The number of fused-ring (bicyclic) bond motifs is 1. The molecule has 4 rings (SSSR count). The summed E-state index contributed by atoms with van der Waals surface area (Å²) in [6.45, 7) is 1.78. The van der Waals surface area contributed by atoms with Crippen LogP contribution in [0.1, 0.15) is 43.0 Å². The number of nitro groups is 1. The van der Waals surface area contributed by atoms with E-state index in [1.54, 1.807) is 11.5 Å². The number of hydrogen-bond donors (Lipinski definition) is 1. The fourth-order valence-corrected chi connectivity index (χ4v) is 4.11. The predicted molar refractivity (Wildman–Crippen MR) is 97.1 cm³/mol. The van der Waals surface area contributed by atoms with Crippen LogP contribution in [0.3, 0.4) is 0 Å². The predicted octanol–water partition coefficient (Wildman–Crippen LogP) is 2.47. The standard InChI is InChI=1S/C18H18FN3O6/c1-2-27-17(24)9-8-21-14-10(15(9)23)13(22(25)26)12(20)11(19)16(14)28-7-6-18(21)4-3-5-18/h8H,2-7,20H2,1H3. The van der Waals surface area contributed by atoms with E-state index in [9.17, 15) is 24.1 Å². The molecular formula is C18H18FN3O6. The van der Waals surface area contributed by atoms with Crippen LogP contribution in [0.2, 0.25) is 0 Å². The summed E-state index contributed by atoms with van der Waals surface area (Å²) in [6, 6.07) is 0. The Hall–Kier alpha value is -3.17. The molecule has 148 valence electrons. The van der Waals surface area contributed by atoms with E-state index in [0.29, 0.717) is 6.42 Å². The Morgan fingerprint density at radius 1 is 1.46 bits per heavy atom. The molecule has 10 heteroatoms. The number of aromatic nitrogens is 1. The Labute approximate surface area is 158 Å². The van der Waals surface area contributed by atoms with Gasteiger partial charge in [-0.15, -0.1) is 0 Å². The van der Waals surface area contributed by atoms with Crippen molar-refractivity contribution in [2.45, 2.75) is 38.1 Å². The molecule has 28 heavy (non-hydrogen) atoms. The maximum atomic E-state index is 14.9. The van der Waals surface area contributed by atoms with Gasteiger partial charge in [-0.3, -0.25) is 14.9 Å². The molecular weight excluding hydrogens is 373 g/mol. The molecule has 0 bridgehead atoms. The minimum atomic E-state index is -1.08. The number of carbonyl (C=O) groups is 1. The van der Waals surface area contributed by atoms with Crippen LogP contribution in [0.15, 0.2) is 11.0 Å². The largest absolute Gasteiger partial charge is 0.488 e. The van der Waals surface area contributed by atoms with Gasteiger partial charge in [-0.25, -0.2) is 9.18 Å². The number of halogens is 1. The van der Waals surface area contributed by atoms with Crippen molar-refractivity contribution in [3.8, 4) is 5.75 Å². The number of anilines is 1. The number of nitro benzene ring substituents is 1. The number of esters is 1. The molecule has 1 aromatic carbocycles. The summed E-state index contributed by atoms with van der Waals surface area (Å²) in [7, 11) is 0. The normalized spacial score (nSPS) is 16.9. The molecule has 2 N–H and O–H groups in total. The minimum Gasteiger partial charge on any atom is -0.488 e. The van der Waals surface area contributed by atoms with Gasteiger partial charge in [-0.1, -0.05) is 0 Å². The smallest absolute Gasteiger partial charge is 0.343 e. The third kappa shape index (κ3) is 2.30. The number of rotatable bonds is 3. The van der Waals surface area contributed by atoms with Gasteiger partial charge in [0, 0.05) is 18.2 Å². The summed E-state index contributed by atoms with van der Waals surface area (Å²) in [5.74, 6) is -2.27. The molecule has 2 heterocycles. The molecule has 0 amide bonds. The highest BCUT2D eigenvalue weighted by atomic mass is 19.1. The zero-order chi connectivity index (χ0) is 20.2. The molecule has 2 aromatic rings. The first-order chi connectivity index (χ1) is 13.3. The number of benzene rings is 1. The van der Waals surface area contributed by atoms with Crippen LogP contribution in [0.25, 0.3) is 10.9 Å². The Bertz CT molecular complexity index is 1090. The molecule has 0 radical (unpaired) electrons. The molecule has 0 atom stereocenters. The van der Waals surface area contributed by atoms with Gasteiger partial charge in [0.2, 0.25) is 5.43 Å². The molecule has 1 aliphatic carbocycles. The molecule has 1 fully saturated rings. The Morgan fingerprint density at radius 3 is 2.75 bits per heavy atom. The van der Waals surface area contributed by atoms with E-state index in [0.717, 1.165) is 19.3 Å². The third-order valence-electron chi connectivity index (χ3n) is 5.64.